The van der Waals surface area contributed by atoms with Crippen molar-refractivity contribution >= 4 is 5.97 Å². The van der Waals surface area contributed by atoms with Crippen molar-refractivity contribution in [2.75, 3.05) is 13.7 Å². The monoisotopic (exact) mass is 225 g/mol. The lowest BCUT2D eigenvalue weighted by Crippen LogP contribution is -2.11. The van der Waals surface area contributed by atoms with Crippen molar-refractivity contribution in [1.29, 1.82) is 0 Å². The standard InChI is InChI=1S/C9H14F3NO2/c1-15-8(14)4-7-13-6-3-2-5-9(10,11)12/h4,7,13H,2-3,5-6H2,1H3/b7-4+. The van der Waals surface area contributed by atoms with Gasteiger partial charge in [-0.1, -0.05) is 0 Å². The molecule has 0 aliphatic heterocycles. The Morgan fingerprint density at radius 3 is 2.60 bits per heavy atom. The van der Waals surface area contributed by atoms with Crippen LogP contribution in [-0.2, 0) is 9.53 Å². The summed E-state index contributed by atoms with van der Waals surface area (Å²) < 4.78 is 39.4. The molecule has 0 unspecified atom stereocenters. The zero-order valence-electron chi connectivity index (χ0n) is 8.43. The minimum Gasteiger partial charge on any atom is -0.466 e. The van der Waals surface area contributed by atoms with Gasteiger partial charge in [0, 0.05) is 25.2 Å². The summed E-state index contributed by atoms with van der Waals surface area (Å²) >= 11 is 0. The van der Waals surface area contributed by atoms with Gasteiger partial charge in [0.25, 0.3) is 0 Å². The Kier molecular flexibility index (Phi) is 6.57. The molecule has 0 aliphatic rings. The van der Waals surface area contributed by atoms with Gasteiger partial charge in [-0.2, -0.15) is 13.2 Å². The number of esters is 1. The molecule has 0 atom stereocenters. The fourth-order valence-corrected chi connectivity index (χ4v) is 0.831. The number of carbonyl (C=O) groups excluding carboxylic acids is 1. The highest BCUT2D eigenvalue weighted by Gasteiger charge is 2.25. The summed E-state index contributed by atoms with van der Waals surface area (Å²) in [5, 5.41) is 2.69. The van der Waals surface area contributed by atoms with Crippen molar-refractivity contribution in [2.45, 2.75) is 25.4 Å². The molecule has 3 nitrogen and oxygen atoms in total. The number of rotatable bonds is 6. The van der Waals surface area contributed by atoms with E-state index in [9.17, 15) is 18.0 Å². The van der Waals surface area contributed by atoms with Crippen LogP contribution in [0.2, 0.25) is 0 Å². The number of ether oxygens (including phenoxy) is 1. The fraction of sp³-hybridized carbons (Fsp3) is 0.667. The van der Waals surface area contributed by atoms with E-state index in [1.807, 2.05) is 0 Å². The number of alkyl halides is 3. The molecule has 88 valence electrons. The summed E-state index contributed by atoms with van der Waals surface area (Å²) in [5.41, 5.74) is 0. The smallest absolute Gasteiger partial charge is 0.389 e. The topological polar surface area (TPSA) is 38.3 Å². The number of nitrogens with one attached hydrogen (secondary N) is 1. The molecular formula is C9H14F3NO2. The van der Waals surface area contributed by atoms with E-state index in [-0.39, 0.29) is 6.42 Å². The highest BCUT2D eigenvalue weighted by atomic mass is 19.4. The van der Waals surface area contributed by atoms with E-state index in [1.165, 1.54) is 19.4 Å². The van der Waals surface area contributed by atoms with Crippen molar-refractivity contribution < 1.29 is 22.7 Å². The maximum atomic E-state index is 11.7. The van der Waals surface area contributed by atoms with Gasteiger partial charge >= 0.3 is 12.1 Å². The molecule has 0 aromatic carbocycles. The van der Waals surface area contributed by atoms with Gasteiger partial charge < -0.3 is 10.1 Å². The van der Waals surface area contributed by atoms with E-state index >= 15 is 0 Å². The molecule has 0 saturated heterocycles. The van der Waals surface area contributed by atoms with Crippen LogP contribution in [0.1, 0.15) is 19.3 Å². The average Bonchev–Trinajstić information content (AvgIpc) is 2.14. The Hall–Kier alpha value is -1.20. The van der Waals surface area contributed by atoms with E-state index in [1.54, 1.807) is 0 Å². The Labute approximate surface area is 86.3 Å². The molecule has 0 saturated carbocycles. The van der Waals surface area contributed by atoms with E-state index in [2.05, 4.69) is 10.1 Å². The van der Waals surface area contributed by atoms with Gasteiger partial charge in [0.15, 0.2) is 0 Å². The van der Waals surface area contributed by atoms with E-state index < -0.39 is 18.6 Å². The van der Waals surface area contributed by atoms with Crippen molar-refractivity contribution in [3.63, 3.8) is 0 Å². The third-order valence-corrected chi connectivity index (χ3v) is 1.57. The van der Waals surface area contributed by atoms with Gasteiger partial charge in [0.2, 0.25) is 0 Å². The largest absolute Gasteiger partial charge is 0.466 e. The number of methoxy groups -OCH3 is 1. The van der Waals surface area contributed by atoms with E-state index in [0.29, 0.717) is 13.0 Å². The van der Waals surface area contributed by atoms with Gasteiger partial charge in [-0.25, -0.2) is 4.79 Å². The number of hydrogen-bond acceptors (Lipinski definition) is 3. The molecule has 6 heteroatoms. The van der Waals surface area contributed by atoms with Gasteiger partial charge in [0.05, 0.1) is 7.11 Å². The molecular weight excluding hydrogens is 211 g/mol. The molecule has 0 aromatic heterocycles. The van der Waals surface area contributed by atoms with Crippen molar-refractivity contribution in [1.82, 2.24) is 5.32 Å². The summed E-state index contributed by atoms with van der Waals surface area (Å²) in [6.07, 6.45) is -1.83. The minimum absolute atomic E-state index is 0.0859. The van der Waals surface area contributed by atoms with Gasteiger partial charge in [-0.05, 0) is 12.8 Å². The van der Waals surface area contributed by atoms with Crippen molar-refractivity contribution in [3.05, 3.63) is 12.3 Å². The number of carbonyl (C=O) groups is 1. The second kappa shape index (κ2) is 7.14. The molecule has 0 heterocycles. The fourth-order valence-electron chi connectivity index (χ4n) is 0.831. The Morgan fingerprint density at radius 2 is 2.07 bits per heavy atom. The zero-order chi connectivity index (χ0) is 11.7. The Morgan fingerprint density at radius 1 is 1.40 bits per heavy atom. The lowest BCUT2D eigenvalue weighted by atomic mass is 10.2. The van der Waals surface area contributed by atoms with Gasteiger partial charge in [-0.3, -0.25) is 0 Å². The molecule has 0 fully saturated rings. The Bertz CT molecular complexity index is 214. The minimum atomic E-state index is -4.08. The normalized spacial score (nSPS) is 11.7. The highest BCUT2D eigenvalue weighted by molar-refractivity contribution is 5.81. The molecule has 15 heavy (non-hydrogen) atoms. The van der Waals surface area contributed by atoms with Gasteiger partial charge in [-0.15, -0.1) is 0 Å². The maximum absolute atomic E-state index is 11.7. The molecule has 1 N–H and O–H groups in total. The molecule has 0 radical (unpaired) electrons. The van der Waals surface area contributed by atoms with Crippen LogP contribution in [0.15, 0.2) is 12.3 Å². The summed E-state index contributed by atoms with van der Waals surface area (Å²) in [5.74, 6) is -0.502. The quantitative estimate of drug-likeness (QED) is 0.427. The van der Waals surface area contributed by atoms with Crippen LogP contribution >= 0.6 is 0 Å². The van der Waals surface area contributed by atoms with Crippen molar-refractivity contribution in [3.8, 4) is 0 Å². The predicted molar refractivity (Wildman–Crippen MR) is 49.1 cm³/mol. The predicted octanol–water partition coefficient (Wildman–Crippen LogP) is 2.00. The summed E-state index contributed by atoms with van der Waals surface area (Å²) in [6.45, 7) is 0.406. The SMILES string of the molecule is COC(=O)/C=C/NCCCCC(F)(F)F. The first-order valence-electron chi connectivity index (χ1n) is 4.50. The van der Waals surface area contributed by atoms with Crippen LogP contribution in [0.25, 0.3) is 0 Å². The molecule has 0 spiro atoms. The number of halogens is 3. The third kappa shape index (κ3) is 10.7. The average molecular weight is 225 g/mol. The van der Waals surface area contributed by atoms with E-state index in [0.717, 1.165) is 0 Å². The van der Waals surface area contributed by atoms with Crippen LogP contribution in [0.4, 0.5) is 13.2 Å². The highest BCUT2D eigenvalue weighted by Crippen LogP contribution is 2.21. The van der Waals surface area contributed by atoms with Crippen LogP contribution < -0.4 is 5.32 Å². The molecule has 0 bridgehead atoms. The van der Waals surface area contributed by atoms with Crippen LogP contribution in [0.3, 0.4) is 0 Å². The Balaban J connectivity index is 3.33. The van der Waals surface area contributed by atoms with Crippen LogP contribution in [-0.4, -0.2) is 25.8 Å². The summed E-state index contributed by atoms with van der Waals surface area (Å²) in [7, 11) is 1.25. The lowest BCUT2D eigenvalue weighted by molar-refractivity contribution is -0.136. The first-order valence-corrected chi connectivity index (χ1v) is 4.50. The lowest BCUT2D eigenvalue weighted by Gasteiger charge is -2.05. The summed E-state index contributed by atoms with van der Waals surface area (Å²) in [4.78, 5) is 10.5. The molecule has 0 aromatic rings. The third-order valence-electron chi connectivity index (χ3n) is 1.57. The number of hydrogen-bond donors (Lipinski definition) is 1. The van der Waals surface area contributed by atoms with Crippen LogP contribution in [0.5, 0.6) is 0 Å². The number of unbranched alkanes of at least 4 members (excludes halogenated alkanes) is 1. The van der Waals surface area contributed by atoms with Crippen molar-refractivity contribution in [2.24, 2.45) is 0 Å². The molecule has 0 amide bonds. The summed E-state index contributed by atoms with van der Waals surface area (Å²) in [6, 6.07) is 0. The first kappa shape index (κ1) is 13.8. The second-order valence-corrected chi connectivity index (χ2v) is 2.88. The maximum Gasteiger partial charge on any atom is 0.389 e. The molecule has 0 aliphatic carbocycles. The second-order valence-electron chi connectivity index (χ2n) is 2.88. The first-order chi connectivity index (χ1) is 6.95. The van der Waals surface area contributed by atoms with Gasteiger partial charge in [0.1, 0.15) is 0 Å². The van der Waals surface area contributed by atoms with E-state index in [4.69, 9.17) is 0 Å². The molecule has 0 rings (SSSR count). The van der Waals surface area contributed by atoms with Crippen LogP contribution in [0, 0.1) is 0 Å². The zero-order valence-corrected chi connectivity index (χ0v) is 8.43.